The molecule has 19 heavy (non-hydrogen) atoms. The van der Waals surface area contributed by atoms with E-state index in [1.54, 1.807) is 18.4 Å². The molecule has 0 fully saturated rings. The van der Waals surface area contributed by atoms with Gasteiger partial charge in [-0.05, 0) is 26.1 Å². The Balaban J connectivity index is 2.28. The number of methoxy groups -OCH3 is 1. The molecule has 4 nitrogen and oxygen atoms in total. The fourth-order valence-corrected chi connectivity index (χ4v) is 2.68. The van der Waals surface area contributed by atoms with Crippen LogP contribution in [-0.2, 0) is 0 Å². The third kappa shape index (κ3) is 2.88. The van der Waals surface area contributed by atoms with Crippen molar-refractivity contribution in [1.29, 1.82) is 0 Å². The topological polar surface area (TPSA) is 37.4 Å². The second-order valence-corrected chi connectivity index (χ2v) is 5.13. The summed E-state index contributed by atoms with van der Waals surface area (Å²) in [5.74, 6) is 0.850. The van der Waals surface area contributed by atoms with Gasteiger partial charge in [-0.2, -0.15) is 0 Å². The highest BCUT2D eigenvalue weighted by Crippen LogP contribution is 2.34. The zero-order valence-corrected chi connectivity index (χ0v) is 12.5. The number of aromatic nitrogens is 1. The third-order valence-corrected chi connectivity index (χ3v) is 4.06. The molecular formula is C14H19N3OS. The molecule has 1 unspecified atom stereocenters. The molecule has 1 aromatic heterocycles. The molecular weight excluding hydrogens is 258 g/mol. The quantitative estimate of drug-likeness (QED) is 0.910. The first kappa shape index (κ1) is 13.8. The minimum Gasteiger partial charge on any atom is -0.495 e. The second kappa shape index (κ2) is 6.04. The Morgan fingerprint density at radius 2 is 2.11 bits per heavy atom. The fourth-order valence-electron chi connectivity index (χ4n) is 1.79. The highest BCUT2D eigenvalue weighted by Gasteiger charge is 2.14. The third-order valence-electron chi connectivity index (χ3n) is 3.12. The Labute approximate surface area is 118 Å². The molecule has 1 aromatic carbocycles. The highest BCUT2D eigenvalue weighted by atomic mass is 32.1. The summed E-state index contributed by atoms with van der Waals surface area (Å²) < 4.78 is 5.39. The van der Waals surface area contributed by atoms with Crippen molar-refractivity contribution < 1.29 is 4.74 Å². The minimum atomic E-state index is 0.260. The summed E-state index contributed by atoms with van der Waals surface area (Å²) >= 11 is 1.63. The van der Waals surface area contributed by atoms with Gasteiger partial charge in [0.1, 0.15) is 5.75 Å². The number of benzene rings is 1. The summed E-state index contributed by atoms with van der Waals surface area (Å²) in [6.07, 6.45) is 0. The number of hydrogen-bond donors (Lipinski definition) is 1. The maximum atomic E-state index is 5.39. The summed E-state index contributed by atoms with van der Waals surface area (Å²) in [6, 6.07) is 8.21. The van der Waals surface area contributed by atoms with Gasteiger partial charge in [-0.3, -0.25) is 0 Å². The molecule has 1 heterocycles. The van der Waals surface area contributed by atoms with Gasteiger partial charge in [-0.15, -0.1) is 11.3 Å². The van der Waals surface area contributed by atoms with E-state index in [9.17, 15) is 0 Å². The van der Waals surface area contributed by atoms with Gasteiger partial charge in [0.2, 0.25) is 0 Å². The van der Waals surface area contributed by atoms with E-state index in [0.717, 1.165) is 22.3 Å². The second-order valence-electron chi connectivity index (χ2n) is 4.30. The maximum Gasteiger partial charge on any atom is 0.189 e. The van der Waals surface area contributed by atoms with Crippen LogP contribution >= 0.6 is 11.3 Å². The minimum absolute atomic E-state index is 0.260. The van der Waals surface area contributed by atoms with E-state index in [0.29, 0.717) is 0 Å². The fraction of sp³-hybridized carbons (Fsp3) is 0.357. The molecule has 0 aliphatic heterocycles. The Morgan fingerprint density at radius 3 is 2.79 bits per heavy atom. The number of rotatable bonds is 5. The lowest BCUT2D eigenvalue weighted by atomic mass is 10.2. The van der Waals surface area contributed by atoms with Gasteiger partial charge < -0.3 is 15.0 Å². The Morgan fingerprint density at radius 1 is 1.37 bits per heavy atom. The molecule has 2 rings (SSSR count). The van der Waals surface area contributed by atoms with Crippen molar-refractivity contribution in [1.82, 2.24) is 10.3 Å². The van der Waals surface area contributed by atoms with Crippen LogP contribution in [0.2, 0.25) is 0 Å². The average Bonchev–Trinajstić information content (AvgIpc) is 2.95. The lowest BCUT2D eigenvalue weighted by Crippen LogP contribution is -2.14. The van der Waals surface area contributed by atoms with E-state index in [-0.39, 0.29) is 6.04 Å². The number of anilines is 2. The Kier molecular flexibility index (Phi) is 4.39. The Hall–Kier alpha value is -1.59. The maximum absolute atomic E-state index is 5.39. The number of hydrogen-bond acceptors (Lipinski definition) is 5. The lowest BCUT2D eigenvalue weighted by molar-refractivity contribution is 0.415. The van der Waals surface area contributed by atoms with Crippen molar-refractivity contribution in [3.05, 3.63) is 35.3 Å². The zero-order chi connectivity index (χ0) is 13.8. The first-order valence-corrected chi connectivity index (χ1v) is 7.04. The standard InChI is InChI=1S/C14H19N3OS/c1-10(15-2)11-9-19-14(16-11)17(3)12-7-5-6-8-13(12)18-4/h5-10,15H,1-4H3. The molecule has 0 saturated carbocycles. The van der Waals surface area contributed by atoms with E-state index in [4.69, 9.17) is 4.74 Å². The molecule has 0 bridgehead atoms. The lowest BCUT2D eigenvalue weighted by Gasteiger charge is -2.18. The van der Waals surface area contributed by atoms with Crippen LogP contribution < -0.4 is 15.0 Å². The molecule has 2 aromatic rings. The number of thiazole rings is 1. The van der Waals surface area contributed by atoms with Gasteiger partial charge in [0, 0.05) is 18.5 Å². The summed E-state index contributed by atoms with van der Waals surface area (Å²) in [5, 5.41) is 6.24. The van der Waals surface area contributed by atoms with Crippen LogP contribution in [-0.4, -0.2) is 26.2 Å². The van der Waals surface area contributed by atoms with Crippen LogP contribution in [0.4, 0.5) is 10.8 Å². The predicted molar refractivity (Wildman–Crippen MR) is 80.6 cm³/mol. The number of para-hydroxylation sites is 2. The zero-order valence-electron chi connectivity index (χ0n) is 11.7. The van der Waals surface area contributed by atoms with E-state index < -0.39 is 0 Å². The van der Waals surface area contributed by atoms with Crippen molar-refractivity contribution in [3.63, 3.8) is 0 Å². The molecule has 0 aliphatic carbocycles. The van der Waals surface area contributed by atoms with Crippen molar-refractivity contribution in [2.45, 2.75) is 13.0 Å². The van der Waals surface area contributed by atoms with Crippen molar-refractivity contribution in [2.75, 3.05) is 26.1 Å². The first-order chi connectivity index (χ1) is 9.17. The van der Waals surface area contributed by atoms with Crippen LogP contribution in [0.15, 0.2) is 29.6 Å². The molecule has 1 N–H and O–H groups in total. The molecule has 0 aliphatic rings. The van der Waals surface area contributed by atoms with Gasteiger partial charge in [-0.1, -0.05) is 12.1 Å². The molecule has 5 heteroatoms. The SMILES string of the molecule is CNC(C)c1csc(N(C)c2ccccc2OC)n1. The Bertz CT molecular complexity index is 541. The smallest absolute Gasteiger partial charge is 0.189 e. The molecule has 0 amide bonds. The molecule has 0 spiro atoms. The number of nitrogens with zero attached hydrogens (tertiary/aromatic N) is 2. The predicted octanol–water partition coefficient (Wildman–Crippen LogP) is 3.20. The van der Waals surface area contributed by atoms with E-state index in [1.165, 1.54) is 0 Å². The van der Waals surface area contributed by atoms with Crippen LogP contribution in [0.3, 0.4) is 0 Å². The van der Waals surface area contributed by atoms with E-state index in [2.05, 4.69) is 27.5 Å². The van der Waals surface area contributed by atoms with Crippen molar-refractivity contribution >= 4 is 22.2 Å². The molecule has 0 saturated heterocycles. The van der Waals surface area contributed by atoms with Crippen LogP contribution in [0.1, 0.15) is 18.7 Å². The summed E-state index contributed by atoms with van der Waals surface area (Å²) in [5.41, 5.74) is 2.08. The van der Waals surface area contributed by atoms with E-state index >= 15 is 0 Å². The highest BCUT2D eigenvalue weighted by molar-refractivity contribution is 7.13. The van der Waals surface area contributed by atoms with Crippen LogP contribution in [0, 0.1) is 0 Å². The number of ether oxygens (including phenoxy) is 1. The molecule has 1 atom stereocenters. The summed E-state index contributed by atoms with van der Waals surface area (Å²) in [7, 11) is 5.63. The molecule has 0 radical (unpaired) electrons. The summed E-state index contributed by atoms with van der Waals surface area (Å²) in [6.45, 7) is 2.10. The summed E-state index contributed by atoms with van der Waals surface area (Å²) in [4.78, 5) is 6.71. The van der Waals surface area contributed by atoms with Crippen molar-refractivity contribution in [2.24, 2.45) is 0 Å². The normalized spacial score (nSPS) is 12.2. The monoisotopic (exact) mass is 277 g/mol. The van der Waals surface area contributed by atoms with Crippen molar-refractivity contribution in [3.8, 4) is 5.75 Å². The average molecular weight is 277 g/mol. The molecule has 102 valence electrons. The van der Waals surface area contributed by atoms with Crippen LogP contribution in [0.25, 0.3) is 0 Å². The van der Waals surface area contributed by atoms with Crippen LogP contribution in [0.5, 0.6) is 5.75 Å². The van der Waals surface area contributed by atoms with Gasteiger partial charge in [0.05, 0.1) is 18.5 Å². The first-order valence-electron chi connectivity index (χ1n) is 6.16. The van der Waals surface area contributed by atoms with Gasteiger partial charge in [0.15, 0.2) is 5.13 Å². The number of nitrogens with one attached hydrogen (secondary N) is 1. The largest absolute Gasteiger partial charge is 0.495 e. The van der Waals surface area contributed by atoms with Gasteiger partial charge in [-0.25, -0.2) is 4.98 Å². The van der Waals surface area contributed by atoms with Gasteiger partial charge in [0.25, 0.3) is 0 Å². The van der Waals surface area contributed by atoms with E-state index in [1.807, 2.05) is 38.4 Å². The van der Waals surface area contributed by atoms with Gasteiger partial charge >= 0.3 is 0 Å².